The van der Waals surface area contributed by atoms with Crippen LogP contribution < -0.4 is 14.8 Å². The van der Waals surface area contributed by atoms with Crippen molar-refractivity contribution >= 4 is 5.91 Å². The minimum Gasteiger partial charge on any atom is -0.492 e. The summed E-state index contributed by atoms with van der Waals surface area (Å²) in [6.45, 7) is 8.76. The van der Waals surface area contributed by atoms with Crippen molar-refractivity contribution in [3.05, 3.63) is 59.2 Å². The van der Waals surface area contributed by atoms with E-state index in [0.717, 1.165) is 35.5 Å². The molecule has 0 aliphatic heterocycles. The quantitative estimate of drug-likeness (QED) is 0.685. The summed E-state index contributed by atoms with van der Waals surface area (Å²) in [5.74, 6) is 1.42. The molecule has 26 heavy (non-hydrogen) atoms. The monoisotopic (exact) mass is 355 g/mol. The topological polar surface area (TPSA) is 47.6 Å². The van der Waals surface area contributed by atoms with Crippen molar-refractivity contribution in [1.82, 2.24) is 5.32 Å². The van der Waals surface area contributed by atoms with Gasteiger partial charge >= 0.3 is 0 Å². The zero-order valence-corrected chi connectivity index (χ0v) is 16.2. The first-order valence-corrected chi connectivity index (χ1v) is 9.23. The number of carbonyl (C=O) groups excluding carboxylic acids is 1. The van der Waals surface area contributed by atoms with Gasteiger partial charge in [0.2, 0.25) is 0 Å². The molecule has 2 rings (SSSR count). The first-order chi connectivity index (χ1) is 12.5. The van der Waals surface area contributed by atoms with Gasteiger partial charge < -0.3 is 14.8 Å². The van der Waals surface area contributed by atoms with E-state index in [1.807, 2.05) is 44.2 Å². The summed E-state index contributed by atoms with van der Waals surface area (Å²) in [7, 11) is 0. The third-order valence-corrected chi connectivity index (χ3v) is 4.15. The van der Waals surface area contributed by atoms with Gasteiger partial charge in [-0.15, -0.1) is 0 Å². The highest BCUT2D eigenvalue weighted by Gasteiger charge is 2.15. The van der Waals surface area contributed by atoms with E-state index in [-0.39, 0.29) is 5.91 Å². The average molecular weight is 355 g/mol. The van der Waals surface area contributed by atoms with E-state index in [0.29, 0.717) is 13.2 Å². The summed E-state index contributed by atoms with van der Waals surface area (Å²) in [6.07, 6.45) is 1.66. The van der Waals surface area contributed by atoms with E-state index in [1.165, 1.54) is 5.56 Å². The van der Waals surface area contributed by atoms with E-state index < -0.39 is 6.10 Å². The fourth-order valence-corrected chi connectivity index (χ4v) is 2.61. The highest BCUT2D eigenvalue weighted by atomic mass is 16.5. The predicted molar refractivity (Wildman–Crippen MR) is 105 cm³/mol. The summed E-state index contributed by atoms with van der Waals surface area (Å²) in [5.41, 5.74) is 3.44. The van der Waals surface area contributed by atoms with Crippen molar-refractivity contribution in [3.63, 3.8) is 0 Å². The molecule has 0 saturated heterocycles. The van der Waals surface area contributed by atoms with Crippen LogP contribution >= 0.6 is 0 Å². The molecule has 0 heterocycles. The van der Waals surface area contributed by atoms with Gasteiger partial charge in [0.15, 0.2) is 6.10 Å². The molecule has 1 atom stereocenters. The second kappa shape index (κ2) is 9.85. The Labute approximate surface area is 156 Å². The van der Waals surface area contributed by atoms with Crippen LogP contribution in [0.4, 0.5) is 0 Å². The van der Waals surface area contributed by atoms with Crippen molar-refractivity contribution < 1.29 is 14.3 Å². The Bertz CT molecular complexity index is 710. The van der Waals surface area contributed by atoms with Gasteiger partial charge in [0.25, 0.3) is 5.91 Å². The molecule has 1 N–H and O–H groups in total. The molecule has 1 amide bonds. The highest BCUT2D eigenvalue weighted by Crippen LogP contribution is 2.20. The molecule has 0 unspecified atom stereocenters. The zero-order valence-electron chi connectivity index (χ0n) is 16.2. The number of rotatable bonds is 9. The zero-order chi connectivity index (χ0) is 18.9. The smallest absolute Gasteiger partial charge is 0.260 e. The summed E-state index contributed by atoms with van der Waals surface area (Å²) in [4.78, 5) is 12.2. The van der Waals surface area contributed by atoms with Crippen LogP contribution in [0.1, 0.15) is 37.0 Å². The predicted octanol–water partition coefficient (Wildman–Crippen LogP) is 4.22. The normalized spacial score (nSPS) is 11.7. The molecule has 4 heteroatoms. The van der Waals surface area contributed by atoms with Crippen LogP contribution in [0.15, 0.2) is 42.5 Å². The lowest BCUT2D eigenvalue weighted by atomic mass is 10.1. The molecular weight excluding hydrogens is 326 g/mol. The second-order valence-electron chi connectivity index (χ2n) is 6.56. The van der Waals surface area contributed by atoms with E-state index >= 15 is 0 Å². The van der Waals surface area contributed by atoms with Crippen LogP contribution in [0.3, 0.4) is 0 Å². The van der Waals surface area contributed by atoms with Crippen LogP contribution in [-0.2, 0) is 11.2 Å². The summed E-state index contributed by atoms with van der Waals surface area (Å²) >= 11 is 0. The largest absolute Gasteiger partial charge is 0.492 e. The van der Waals surface area contributed by atoms with Crippen LogP contribution in [0.25, 0.3) is 0 Å². The highest BCUT2D eigenvalue weighted by molar-refractivity contribution is 5.80. The van der Waals surface area contributed by atoms with Gasteiger partial charge in [-0.1, -0.05) is 37.6 Å². The Kier molecular flexibility index (Phi) is 7.52. The standard InChI is InChI=1S/C22H29NO3/c1-5-6-19-9-11-20(12-10-19)25-14-13-23-22(24)18(4)26-21-15-16(2)7-8-17(21)3/h7-12,15,18H,5-6,13-14H2,1-4H3,(H,23,24)/t18-/m0/s1. The Morgan fingerprint density at radius 2 is 1.85 bits per heavy atom. The van der Waals surface area contributed by atoms with E-state index in [4.69, 9.17) is 9.47 Å². The first-order valence-electron chi connectivity index (χ1n) is 9.23. The Balaban J connectivity index is 1.73. The maximum atomic E-state index is 12.2. The Morgan fingerprint density at radius 3 is 2.54 bits per heavy atom. The van der Waals surface area contributed by atoms with Crippen LogP contribution in [0.5, 0.6) is 11.5 Å². The van der Waals surface area contributed by atoms with Gasteiger partial charge in [0.05, 0.1) is 6.54 Å². The third-order valence-electron chi connectivity index (χ3n) is 4.15. The lowest BCUT2D eigenvalue weighted by molar-refractivity contribution is -0.127. The maximum Gasteiger partial charge on any atom is 0.260 e. The van der Waals surface area contributed by atoms with Gasteiger partial charge in [-0.3, -0.25) is 4.79 Å². The van der Waals surface area contributed by atoms with Gasteiger partial charge in [-0.2, -0.15) is 0 Å². The molecule has 0 aliphatic carbocycles. The first kappa shape index (κ1) is 19.8. The van der Waals surface area contributed by atoms with Crippen molar-refractivity contribution in [3.8, 4) is 11.5 Å². The number of nitrogens with one attached hydrogen (secondary N) is 1. The van der Waals surface area contributed by atoms with Crippen molar-refractivity contribution in [2.75, 3.05) is 13.2 Å². The number of hydrogen-bond acceptors (Lipinski definition) is 3. The summed E-state index contributed by atoms with van der Waals surface area (Å²) in [5, 5.41) is 2.85. The lowest BCUT2D eigenvalue weighted by Crippen LogP contribution is -2.38. The molecular formula is C22H29NO3. The molecule has 140 valence electrons. The number of aryl methyl sites for hydroxylation is 3. The molecule has 0 saturated carbocycles. The number of carbonyl (C=O) groups is 1. The van der Waals surface area contributed by atoms with Gasteiger partial charge in [0.1, 0.15) is 18.1 Å². The van der Waals surface area contributed by atoms with Gasteiger partial charge in [0, 0.05) is 0 Å². The average Bonchev–Trinajstić information content (AvgIpc) is 2.63. The number of ether oxygens (including phenoxy) is 2. The fourth-order valence-electron chi connectivity index (χ4n) is 2.61. The SMILES string of the molecule is CCCc1ccc(OCCNC(=O)[C@H](C)Oc2cc(C)ccc2C)cc1. The Morgan fingerprint density at radius 1 is 1.12 bits per heavy atom. The molecule has 0 spiro atoms. The molecule has 4 nitrogen and oxygen atoms in total. The number of amides is 1. The summed E-state index contributed by atoms with van der Waals surface area (Å²) < 4.78 is 11.5. The lowest BCUT2D eigenvalue weighted by Gasteiger charge is -2.17. The number of benzene rings is 2. The minimum atomic E-state index is -0.552. The van der Waals surface area contributed by atoms with Crippen molar-refractivity contribution in [2.24, 2.45) is 0 Å². The molecule has 0 aliphatic rings. The van der Waals surface area contributed by atoms with Crippen LogP contribution in [0.2, 0.25) is 0 Å². The molecule has 2 aromatic carbocycles. The third kappa shape index (κ3) is 6.10. The minimum absolute atomic E-state index is 0.146. The molecule has 0 fully saturated rings. The van der Waals surface area contributed by atoms with Gasteiger partial charge in [-0.25, -0.2) is 0 Å². The van der Waals surface area contributed by atoms with Gasteiger partial charge in [-0.05, 0) is 62.1 Å². The Hall–Kier alpha value is -2.49. The molecule has 2 aromatic rings. The van der Waals surface area contributed by atoms with E-state index in [2.05, 4.69) is 24.4 Å². The fraction of sp³-hybridized carbons (Fsp3) is 0.409. The van der Waals surface area contributed by atoms with Crippen molar-refractivity contribution in [2.45, 2.75) is 46.6 Å². The van der Waals surface area contributed by atoms with Crippen LogP contribution in [0, 0.1) is 13.8 Å². The van der Waals surface area contributed by atoms with E-state index in [9.17, 15) is 4.79 Å². The maximum absolute atomic E-state index is 12.2. The van der Waals surface area contributed by atoms with Crippen LogP contribution in [-0.4, -0.2) is 25.2 Å². The molecule has 0 bridgehead atoms. The molecule has 0 radical (unpaired) electrons. The van der Waals surface area contributed by atoms with Crippen molar-refractivity contribution in [1.29, 1.82) is 0 Å². The molecule has 0 aromatic heterocycles. The second-order valence-corrected chi connectivity index (χ2v) is 6.56. The van der Waals surface area contributed by atoms with E-state index in [1.54, 1.807) is 6.92 Å². The summed E-state index contributed by atoms with van der Waals surface area (Å²) in [6, 6.07) is 14.1. The number of hydrogen-bond donors (Lipinski definition) is 1.